The number of pyridine rings is 1. The van der Waals surface area contributed by atoms with Gasteiger partial charge in [-0.05, 0) is 49.2 Å². The second-order valence-electron chi connectivity index (χ2n) is 7.29. The van der Waals surface area contributed by atoms with E-state index in [1.54, 1.807) is 24.2 Å². The predicted octanol–water partition coefficient (Wildman–Crippen LogP) is 4.71. The molecule has 4 rings (SSSR count). The van der Waals surface area contributed by atoms with Gasteiger partial charge in [-0.3, -0.25) is 4.98 Å². The molecule has 1 aromatic carbocycles. The van der Waals surface area contributed by atoms with Crippen molar-refractivity contribution in [3.8, 4) is 5.75 Å². The van der Waals surface area contributed by atoms with E-state index in [0.717, 1.165) is 60.6 Å². The molecule has 0 spiro atoms. The van der Waals surface area contributed by atoms with Gasteiger partial charge in [0.25, 0.3) is 0 Å². The Labute approximate surface area is 197 Å². The molecule has 9 heteroatoms. The fraction of sp³-hybridized carbons (Fsp3) is 0.348. The first-order valence-electron chi connectivity index (χ1n) is 10.6. The van der Waals surface area contributed by atoms with Crippen molar-refractivity contribution in [1.29, 1.82) is 0 Å². The van der Waals surface area contributed by atoms with Gasteiger partial charge in [-0.1, -0.05) is 29.4 Å². The summed E-state index contributed by atoms with van der Waals surface area (Å²) in [6, 6.07) is 13.1. The van der Waals surface area contributed by atoms with Gasteiger partial charge >= 0.3 is 0 Å². The minimum Gasteiger partial charge on any atom is -0.486 e. The van der Waals surface area contributed by atoms with Crippen molar-refractivity contribution in [2.24, 2.45) is 0 Å². The highest BCUT2D eigenvalue weighted by molar-refractivity contribution is 7.99. The number of thioether (sulfide) groups is 1. The fourth-order valence-corrected chi connectivity index (χ4v) is 4.27. The average Bonchev–Trinajstić information content (AvgIpc) is 2.83. The quantitative estimate of drug-likeness (QED) is 0.250. The Hall–Kier alpha value is -2.39. The van der Waals surface area contributed by atoms with Gasteiger partial charge in [0.1, 0.15) is 18.2 Å². The van der Waals surface area contributed by atoms with Crippen LogP contribution in [-0.2, 0) is 11.3 Å². The minimum absolute atomic E-state index is 0.318. The molecular weight excluding hydrogens is 446 g/mol. The second-order valence-corrected chi connectivity index (χ2v) is 8.76. The molecule has 7 nitrogen and oxygen atoms in total. The molecule has 0 radical (unpaired) electrons. The molecule has 3 aromatic rings. The number of nitrogens with one attached hydrogen (secondary N) is 2. The lowest BCUT2D eigenvalue weighted by Gasteiger charge is -2.23. The molecule has 0 saturated carbocycles. The number of benzene rings is 1. The Morgan fingerprint density at radius 2 is 2.16 bits per heavy atom. The largest absolute Gasteiger partial charge is 0.486 e. The number of halogens is 1. The lowest BCUT2D eigenvalue weighted by molar-refractivity contribution is 0.0234. The first-order chi connectivity index (χ1) is 15.8. The van der Waals surface area contributed by atoms with E-state index in [9.17, 15) is 0 Å². The summed E-state index contributed by atoms with van der Waals surface area (Å²) in [6.45, 7) is 3.06. The Morgan fingerprint density at radius 1 is 1.19 bits per heavy atom. The topological polar surface area (TPSA) is 81.2 Å². The Kier molecular flexibility index (Phi) is 8.56. The van der Waals surface area contributed by atoms with Crippen LogP contribution in [0, 0.1) is 0 Å². The molecule has 2 N–H and O–H groups in total. The first-order valence-corrected chi connectivity index (χ1v) is 12.0. The van der Waals surface area contributed by atoms with Crippen LogP contribution in [0.2, 0.25) is 5.02 Å². The van der Waals surface area contributed by atoms with Crippen molar-refractivity contribution in [2.75, 3.05) is 30.8 Å². The van der Waals surface area contributed by atoms with Gasteiger partial charge in [0.15, 0.2) is 5.16 Å². The van der Waals surface area contributed by atoms with E-state index in [2.05, 4.69) is 25.6 Å². The zero-order valence-corrected chi connectivity index (χ0v) is 19.2. The molecule has 0 aliphatic carbocycles. The van der Waals surface area contributed by atoms with E-state index in [4.69, 9.17) is 21.1 Å². The third kappa shape index (κ3) is 7.06. The Balaban J connectivity index is 1.26. The molecule has 1 fully saturated rings. The highest BCUT2D eigenvalue weighted by Crippen LogP contribution is 2.29. The molecule has 1 aliphatic rings. The van der Waals surface area contributed by atoms with Crippen molar-refractivity contribution >= 4 is 34.9 Å². The highest BCUT2D eigenvalue weighted by Gasteiger charge is 2.13. The van der Waals surface area contributed by atoms with Crippen LogP contribution in [0.1, 0.15) is 18.5 Å². The minimum atomic E-state index is 0.318. The van der Waals surface area contributed by atoms with Crippen molar-refractivity contribution in [2.45, 2.75) is 30.7 Å². The summed E-state index contributed by atoms with van der Waals surface area (Å²) >= 11 is 8.06. The number of anilines is 2. The maximum Gasteiger partial charge on any atom is 0.189 e. The monoisotopic (exact) mass is 471 g/mol. The van der Waals surface area contributed by atoms with Gasteiger partial charge in [0, 0.05) is 36.9 Å². The summed E-state index contributed by atoms with van der Waals surface area (Å²) in [5, 5.41) is 7.92. The van der Waals surface area contributed by atoms with E-state index < -0.39 is 0 Å². The van der Waals surface area contributed by atoms with E-state index in [1.807, 2.05) is 42.5 Å². The smallest absolute Gasteiger partial charge is 0.189 e. The number of nitrogens with zero attached hydrogens (tertiary/aromatic N) is 3. The molecule has 0 bridgehead atoms. The molecule has 1 atom stereocenters. The zero-order chi connectivity index (χ0) is 22.0. The SMILES string of the molecule is Clc1cc(Nc2ccnc(SCCCC3CNCCO3)n2)ccc1OCc1ccccn1. The van der Waals surface area contributed by atoms with Gasteiger partial charge in [0.2, 0.25) is 0 Å². The number of hydrogen-bond acceptors (Lipinski definition) is 8. The normalized spacial score (nSPS) is 16.0. The third-order valence-electron chi connectivity index (χ3n) is 4.85. The predicted molar refractivity (Wildman–Crippen MR) is 128 cm³/mol. The summed E-state index contributed by atoms with van der Waals surface area (Å²) in [5.74, 6) is 2.29. The number of morpholine rings is 1. The van der Waals surface area contributed by atoms with Crippen LogP contribution in [0.5, 0.6) is 5.75 Å². The summed E-state index contributed by atoms with van der Waals surface area (Å²) in [7, 11) is 0. The van der Waals surface area contributed by atoms with Crippen molar-refractivity contribution < 1.29 is 9.47 Å². The lowest BCUT2D eigenvalue weighted by atomic mass is 10.2. The van der Waals surface area contributed by atoms with Crippen LogP contribution in [0.15, 0.2) is 60.0 Å². The van der Waals surface area contributed by atoms with Crippen molar-refractivity contribution in [3.63, 3.8) is 0 Å². The van der Waals surface area contributed by atoms with Gasteiger partial charge in [-0.2, -0.15) is 0 Å². The lowest BCUT2D eigenvalue weighted by Crippen LogP contribution is -2.38. The molecular formula is C23H26ClN5O2S. The maximum absolute atomic E-state index is 6.40. The van der Waals surface area contributed by atoms with Crippen LogP contribution < -0.4 is 15.4 Å². The van der Waals surface area contributed by atoms with E-state index in [1.165, 1.54) is 0 Å². The van der Waals surface area contributed by atoms with Crippen molar-refractivity contribution in [1.82, 2.24) is 20.3 Å². The first kappa shape index (κ1) is 22.8. The second kappa shape index (κ2) is 12.0. The van der Waals surface area contributed by atoms with Crippen LogP contribution in [0.3, 0.4) is 0 Å². The van der Waals surface area contributed by atoms with Crippen LogP contribution in [0.4, 0.5) is 11.5 Å². The van der Waals surface area contributed by atoms with Crippen LogP contribution >= 0.6 is 23.4 Å². The van der Waals surface area contributed by atoms with Gasteiger partial charge < -0.3 is 20.1 Å². The fourth-order valence-electron chi connectivity index (χ4n) is 3.24. The summed E-state index contributed by atoms with van der Waals surface area (Å²) in [4.78, 5) is 13.2. The van der Waals surface area contributed by atoms with E-state index >= 15 is 0 Å². The standard InChI is InChI=1S/C23H26ClN5O2S/c24-20-14-17(6-7-21(20)31-16-18-4-1-2-9-26-18)28-22-8-10-27-23(29-22)32-13-3-5-19-15-25-11-12-30-19/h1-2,4,6-10,14,19,25H,3,5,11-13,15-16H2,(H,27,28,29). The molecule has 0 amide bonds. The summed E-state index contributed by atoms with van der Waals surface area (Å²) in [5.41, 5.74) is 1.68. The highest BCUT2D eigenvalue weighted by atomic mass is 35.5. The van der Waals surface area contributed by atoms with Gasteiger partial charge in [-0.25, -0.2) is 9.97 Å². The number of aromatic nitrogens is 3. The Morgan fingerprint density at radius 3 is 2.97 bits per heavy atom. The zero-order valence-electron chi connectivity index (χ0n) is 17.7. The Bertz CT molecular complexity index is 989. The number of ether oxygens (including phenoxy) is 2. The van der Waals surface area contributed by atoms with Crippen LogP contribution in [-0.4, -0.2) is 46.5 Å². The third-order valence-corrected chi connectivity index (χ3v) is 6.09. The molecule has 1 aliphatic heterocycles. The van der Waals surface area contributed by atoms with E-state index in [-0.39, 0.29) is 0 Å². The van der Waals surface area contributed by atoms with Crippen molar-refractivity contribution in [3.05, 3.63) is 65.6 Å². The number of hydrogen-bond donors (Lipinski definition) is 2. The van der Waals surface area contributed by atoms with Crippen LogP contribution in [0.25, 0.3) is 0 Å². The van der Waals surface area contributed by atoms with Gasteiger partial charge in [-0.15, -0.1) is 0 Å². The molecule has 32 heavy (non-hydrogen) atoms. The molecule has 2 aromatic heterocycles. The van der Waals surface area contributed by atoms with E-state index in [0.29, 0.717) is 23.5 Å². The molecule has 1 saturated heterocycles. The molecule has 1 unspecified atom stereocenters. The summed E-state index contributed by atoms with van der Waals surface area (Å²) in [6.07, 6.45) is 5.93. The molecule has 3 heterocycles. The van der Waals surface area contributed by atoms with Gasteiger partial charge in [0.05, 0.1) is 23.4 Å². The number of rotatable bonds is 10. The average molecular weight is 472 g/mol. The maximum atomic E-state index is 6.40. The summed E-state index contributed by atoms with van der Waals surface area (Å²) < 4.78 is 11.5. The molecule has 168 valence electrons.